The van der Waals surface area contributed by atoms with Gasteiger partial charge in [-0.3, -0.25) is 23.7 Å². The van der Waals surface area contributed by atoms with Crippen LogP contribution in [0.1, 0.15) is 31.3 Å². The zero-order valence-electron chi connectivity index (χ0n) is 22.1. The van der Waals surface area contributed by atoms with Gasteiger partial charge in [-0.05, 0) is 50.4 Å². The molecule has 0 aromatic carbocycles. The van der Waals surface area contributed by atoms with Gasteiger partial charge in [0.25, 0.3) is 5.56 Å². The number of carbonyl (C=O) groups excluding carboxylic acids is 1. The van der Waals surface area contributed by atoms with Crippen LogP contribution in [-0.4, -0.2) is 53.3 Å². The highest BCUT2D eigenvalue weighted by molar-refractivity contribution is 5.94. The van der Waals surface area contributed by atoms with Crippen molar-refractivity contribution >= 4 is 41.0 Å². The molecule has 1 atom stereocenters. The number of aliphatic imine (C=N–C) groups is 2. The van der Waals surface area contributed by atoms with Gasteiger partial charge in [-0.15, -0.1) is 0 Å². The van der Waals surface area contributed by atoms with Crippen molar-refractivity contribution < 1.29 is 18.0 Å². The zero-order chi connectivity index (χ0) is 29.9. The molecule has 1 amide bonds. The molecule has 0 bridgehead atoms. The third kappa shape index (κ3) is 6.03. The van der Waals surface area contributed by atoms with Gasteiger partial charge in [0.2, 0.25) is 11.7 Å². The van der Waals surface area contributed by atoms with Crippen molar-refractivity contribution in [3.8, 4) is 0 Å². The number of halogens is 3. The van der Waals surface area contributed by atoms with Gasteiger partial charge < -0.3 is 9.88 Å². The largest absolute Gasteiger partial charge is 0.451 e. The van der Waals surface area contributed by atoms with E-state index < -0.39 is 35.2 Å². The molecule has 0 saturated heterocycles. The van der Waals surface area contributed by atoms with E-state index in [4.69, 9.17) is 0 Å². The summed E-state index contributed by atoms with van der Waals surface area (Å²) in [5.41, 5.74) is -0.0555. The Morgan fingerprint density at radius 3 is 2.59 bits per heavy atom. The molecule has 0 aliphatic rings. The molecular formula is C26H24F3N9O3. The quantitative estimate of drug-likeness (QED) is 0.269. The van der Waals surface area contributed by atoms with Crippen molar-refractivity contribution in [1.82, 2.24) is 28.7 Å². The summed E-state index contributed by atoms with van der Waals surface area (Å²) in [6, 6.07) is 8.74. The first kappa shape index (κ1) is 28.8. The average Bonchev–Trinajstić information content (AvgIpc) is 3.39. The van der Waals surface area contributed by atoms with Crippen LogP contribution in [-0.2, 0) is 18.4 Å². The minimum Gasteiger partial charge on any atom is -0.312 e. The molecule has 1 N–H and O–H groups in total. The summed E-state index contributed by atoms with van der Waals surface area (Å²) in [6.45, 7) is 5.84. The average molecular weight is 568 g/mol. The lowest BCUT2D eigenvalue weighted by molar-refractivity contribution is -0.118. The van der Waals surface area contributed by atoms with E-state index in [9.17, 15) is 27.6 Å². The number of anilines is 1. The smallest absolute Gasteiger partial charge is 0.312 e. The third-order valence-corrected chi connectivity index (χ3v) is 6.09. The monoisotopic (exact) mass is 567 g/mol. The van der Waals surface area contributed by atoms with E-state index in [1.165, 1.54) is 48.5 Å². The van der Waals surface area contributed by atoms with Gasteiger partial charge in [-0.25, -0.2) is 24.7 Å². The summed E-state index contributed by atoms with van der Waals surface area (Å²) in [6.07, 6.45) is -0.970. The summed E-state index contributed by atoms with van der Waals surface area (Å²) in [7, 11) is 1.47. The lowest BCUT2D eigenvalue weighted by Crippen LogP contribution is -2.40. The number of nitrogens with zero attached hydrogens (tertiary/aromatic N) is 8. The second kappa shape index (κ2) is 11.5. The van der Waals surface area contributed by atoms with Gasteiger partial charge in [0.15, 0.2) is 11.2 Å². The maximum absolute atomic E-state index is 13.4. The van der Waals surface area contributed by atoms with E-state index in [0.29, 0.717) is 5.69 Å². The molecule has 4 aromatic rings. The number of aromatic nitrogens is 6. The first-order valence-electron chi connectivity index (χ1n) is 12.1. The van der Waals surface area contributed by atoms with E-state index >= 15 is 0 Å². The Balaban J connectivity index is 1.62. The normalized spacial score (nSPS) is 13.3. The fourth-order valence-electron chi connectivity index (χ4n) is 3.88. The van der Waals surface area contributed by atoms with Gasteiger partial charge in [-0.1, -0.05) is 12.1 Å². The van der Waals surface area contributed by atoms with Crippen LogP contribution >= 0.6 is 0 Å². The number of amides is 1. The van der Waals surface area contributed by atoms with E-state index in [1.807, 2.05) is 0 Å². The van der Waals surface area contributed by atoms with Crippen LogP contribution in [0.2, 0.25) is 0 Å². The molecule has 0 unspecified atom stereocenters. The fraction of sp³-hybridized carbons (Fsp3) is 0.231. The number of imidazole rings is 1. The Kier molecular flexibility index (Phi) is 8.07. The highest BCUT2D eigenvalue weighted by Crippen LogP contribution is 2.21. The number of alkyl halides is 3. The summed E-state index contributed by atoms with van der Waals surface area (Å²) in [5.74, 6) is -1.86. The molecule has 0 aliphatic heterocycles. The van der Waals surface area contributed by atoms with Crippen molar-refractivity contribution in [3.63, 3.8) is 0 Å². The lowest BCUT2D eigenvalue weighted by atomic mass is 10.2. The fourth-order valence-corrected chi connectivity index (χ4v) is 3.88. The van der Waals surface area contributed by atoms with E-state index in [2.05, 4.69) is 37.0 Å². The second-order valence-electron chi connectivity index (χ2n) is 8.87. The van der Waals surface area contributed by atoms with Crippen LogP contribution in [0.5, 0.6) is 0 Å². The molecule has 0 aliphatic carbocycles. The number of carbonyl (C=O) groups is 1. The summed E-state index contributed by atoms with van der Waals surface area (Å²) in [5, 5.41) is 2.63. The maximum atomic E-state index is 13.4. The van der Waals surface area contributed by atoms with E-state index in [0.717, 1.165) is 10.8 Å². The van der Waals surface area contributed by atoms with Crippen LogP contribution in [0, 0.1) is 0 Å². The van der Waals surface area contributed by atoms with Gasteiger partial charge in [0.05, 0.1) is 24.3 Å². The molecular weight excluding hydrogens is 543 g/mol. The first-order valence-corrected chi connectivity index (χ1v) is 12.1. The molecule has 4 rings (SSSR count). The Morgan fingerprint density at radius 2 is 1.93 bits per heavy atom. The minimum absolute atomic E-state index is 0.0420. The summed E-state index contributed by atoms with van der Waals surface area (Å²) < 4.78 is 42.1. The van der Waals surface area contributed by atoms with Gasteiger partial charge >= 0.3 is 11.9 Å². The number of allylic oxidation sites excluding steroid dienone is 1. The van der Waals surface area contributed by atoms with Crippen molar-refractivity contribution in [3.05, 3.63) is 87.3 Å². The van der Waals surface area contributed by atoms with E-state index in [1.54, 1.807) is 30.5 Å². The van der Waals surface area contributed by atoms with Crippen LogP contribution in [0.25, 0.3) is 16.7 Å². The van der Waals surface area contributed by atoms with E-state index in [-0.39, 0.29) is 34.8 Å². The minimum atomic E-state index is -4.76. The van der Waals surface area contributed by atoms with Gasteiger partial charge in [0.1, 0.15) is 11.9 Å². The Bertz CT molecular complexity index is 1800. The first-order chi connectivity index (χ1) is 19.4. The van der Waals surface area contributed by atoms with Crippen molar-refractivity contribution in [2.45, 2.75) is 32.6 Å². The highest BCUT2D eigenvalue weighted by atomic mass is 19.4. The number of pyridine rings is 2. The SMILES string of the molecule is C=NC(=N/C=C(\C)c1cccc(NC(=O)[C@H](C)n2cnc3c2c(=O)n(Cc2ccccn2)c(=O)n3C)n1)C(F)(F)F. The number of nitrogens with one attached hydrogen (secondary N) is 1. The topological polar surface area (TPSA) is 141 Å². The van der Waals surface area contributed by atoms with Crippen LogP contribution in [0.4, 0.5) is 19.0 Å². The lowest BCUT2D eigenvalue weighted by Gasteiger charge is -2.15. The number of fused-ring (bicyclic) bond motifs is 1. The second-order valence-corrected chi connectivity index (χ2v) is 8.87. The summed E-state index contributed by atoms with van der Waals surface area (Å²) >= 11 is 0. The van der Waals surface area contributed by atoms with Crippen LogP contribution in [0.3, 0.4) is 0 Å². The number of aryl methyl sites for hydroxylation is 1. The number of hydrogen-bond acceptors (Lipinski definition) is 7. The molecule has 0 fully saturated rings. The molecule has 212 valence electrons. The number of rotatable bonds is 7. The zero-order valence-corrected chi connectivity index (χ0v) is 22.1. The maximum Gasteiger partial charge on any atom is 0.451 e. The predicted molar refractivity (Wildman–Crippen MR) is 147 cm³/mol. The van der Waals surface area contributed by atoms with Gasteiger partial charge in [-0.2, -0.15) is 13.2 Å². The molecule has 4 aromatic heterocycles. The molecule has 0 saturated carbocycles. The summed E-state index contributed by atoms with van der Waals surface area (Å²) in [4.78, 5) is 58.3. The molecule has 41 heavy (non-hydrogen) atoms. The molecule has 4 heterocycles. The van der Waals surface area contributed by atoms with Gasteiger partial charge in [0, 0.05) is 19.4 Å². The van der Waals surface area contributed by atoms with Crippen LogP contribution < -0.4 is 16.6 Å². The highest BCUT2D eigenvalue weighted by Gasteiger charge is 2.35. The number of hydrogen-bond donors (Lipinski definition) is 1. The van der Waals surface area contributed by atoms with Crippen molar-refractivity contribution in [2.24, 2.45) is 17.0 Å². The third-order valence-electron chi connectivity index (χ3n) is 6.09. The molecule has 12 nitrogen and oxygen atoms in total. The molecule has 0 spiro atoms. The number of amidine groups is 1. The van der Waals surface area contributed by atoms with Crippen molar-refractivity contribution in [1.29, 1.82) is 0 Å². The Morgan fingerprint density at radius 1 is 1.17 bits per heavy atom. The molecule has 15 heteroatoms. The standard InChI is InChI=1S/C26H24F3N9O3/c1-15(12-32-24(30-3)26(27,28)29)18-9-7-10-19(34-18)35-22(39)16(2)38-14-33-21-20(38)23(40)37(25(41)36(21)4)13-17-8-5-6-11-31-17/h5-12,14,16H,3,13H2,1-2,4H3,(H,34,35,39)/b15-12+,32-24?/t16-/m0/s1. The Labute approximate surface area is 230 Å². The van der Waals surface area contributed by atoms with Crippen LogP contribution in [0.15, 0.2) is 74.7 Å². The predicted octanol–water partition coefficient (Wildman–Crippen LogP) is 2.96. The van der Waals surface area contributed by atoms with Crippen molar-refractivity contribution in [2.75, 3.05) is 5.32 Å². The molecule has 0 radical (unpaired) electrons. The Hall–Kier alpha value is -5.21.